The Morgan fingerprint density at radius 2 is 1.88 bits per heavy atom. The van der Waals surface area contributed by atoms with E-state index in [0.717, 1.165) is 6.54 Å². The van der Waals surface area contributed by atoms with E-state index in [4.69, 9.17) is 0 Å². The molecule has 0 aromatic rings. The molecule has 2 fully saturated rings. The molecule has 2 nitrogen and oxygen atoms in total. The van der Waals surface area contributed by atoms with Crippen LogP contribution in [0.2, 0.25) is 0 Å². The van der Waals surface area contributed by atoms with Crippen LogP contribution in [0, 0.1) is 16.7 Å². The fraction of sp³-hybridized carbons (Fsp3) is 0.929. The predicted octanol–water partition coefficient (Wildman–Crippen LogP) is 3.07. The van der Waals surface area contributed by atoms with Crippen LogP contribution in [0.3, 0.4) is 0 Å². The van der Waals surface area contributed by atoms with E-state index in [1.807, 2.05) is 13.8 Å². The minimum absolute atomic E-state index is 0.145. The highest BCUT2D eigenvalue weighted by molar-refractivity contribution is 5.79. The minimum Gasteiger partial charge on any atom is -0.339 e. The zero-order valence-corrected chi connectivity index (χ0v) is 11.3. The van der Waals surface area contributed by atoms with Crippen molar-refractivity contribution in [3.05, 3.63) is 0 Å². The first-order valence-corrected chi connectivity index (χ1v) is 6.53. The smallest absolute Gasteiger partial charge is 0.225 e. The molecule has 0 aromatic heterocycles. The van der Waals surface area contributed by atoms with Crippen LogP contribution in [0.25, 0.3) is 0 Å². The van der Waals surface area contributed by atoms with Gasteiger partial charge in [0.15, 0.2) is 0 Å². The molecule has 1 saturated heterocycles. The molecular weight excluding hydrogens is 198 g/mol. The lowest BCUT2D eigenvalue weighted by molar-refractivity contribution is -0.135. The lowest BCUT2D eigenvalue weighted by atomic mass is 9.65. The summed E-state index contributed by atoms with van der Waals surface area (Å²) >= 11 is 0. The van der Waals surface area contributed by atoms with Gasteiger partial charge in [-0.05, 0) is 30.1 Å². The third-order valence-electron chi connectivity index (χ3n) is 4.19. The molecule has 2 rings (SSSR count). The first-order chi connectivity index (χ1) is 7.22. The van der Waals surface area contributed by atoms with E-state index < -0.39 is 0 Å². The zero-order chi connectivity index (χ0) is 12.1. The van der Waals surface area contributed by atoms with E-state index in [1.165, 1.54) is 19.3 Å². The van der Waals surface area contributed by atoms with Crippen molar-refractivity contribution < 1.29 is 4.79 Å². The Kier molecular flexibility index (Phi) is 2.60. The van der Waals surface area contributed by atoms with Crippen molar-refractivity contribution in [2.24, 2.45) is 16.7 Å². The molecule has 2 heteroatoms. The Hall–Kier alpha value is -0.530. The average molecular weight is 223 g/mol. The molecule has 1 saturated carbocycles. The molecule has 0 aromatic carbocycles. The highest BCUT2D eigenvalue weighted by Gasteiger charge is 2.50. The molecule has 1 heterocycles. The van der Waals surface area contributed by atoms with Crippen LogP contribution in [0.5, 0.6) is 0 Å². The number of hydrogen-bond acceptors (Lipinski definition) is 1. The summed E-state index contributed by atoms with van der Waals surface area (Å²) in [6.07, 6.45) is 3.66. The molecule has 2 unspecified atom stereocenters. The van der Waals surface area contributed by atoms with E-state index in [1.54, 1.807) is 0 Å². The lowest BCUT2D eigenvalue weighted by Gasteiger charge is -2.39. The SMILES string of the molecule is CC(C)C(=O)N1CC2(C)CC1CC(C)(C)C2. The molecule has 2 atom stereocenters. The standard InChI is InChI=1S/C14H25NO/c1-10(2)12(16)15-9-14(5)7-11(15)6-13(3,4)8-14/h10-11H,6-9H2,1-5H3. The average Bonchev–Trinajstić information content (AvgIpc) is 2.33. The molecule has 0 radical (unpaired) electrons. The van der Waals surface area contributed by atoms with Gasteiger partial charge >= 0.3 is 0 Å². The topological polar surface area (TPSA) is 20.3 Å². The Morgan fingerprint density at radius 3 is 2.44 bits per heavy atom. The number of carbonyl (C=O) groups excluding carboxylic acids is 1. The first-order valence-electron chi connectivity index (χ1n) is 6.53. The molecule has 1 amide bonds. The number of amides is 1. The summed E-state index contributed by atoms with van der Waals surface area (Å²) in [4.78, 5) is 14.3. The number of fused-ring (bicyclic) bond motifs is 2. The second-order valence-electron chi connectivity index (χ2n) is 7.33. The zero-order valence-electron chi connectivity index (χ0n) is 11.3. The number of carbonyl (C=O) groups is 1. The molecule has 2 aliphatic rings. The maximum absolute atomic E-state index is 12.2. The van der Waals surface area contributed by atoms with E-state index >= 15 is 0 Å². The van der Waals surface area contributed by atoms with Crippen LogP contribution in [0.1, 0.15) is 53.9 Å². The van der Waals surface area contributed by atoms with Crippen molar-refractivity contribution in [1.29, 1.82) is 0 Å². The summed E-state index contributed by atoms with van der Waals surface area (Å²) in [5, 5.41) is 0. The van der Waals surface area contributed by atoms with Crippen LogP contribution in [-0.4, -0.2) is 23.4 Å². The van der Waals surface area contributed by atoms with Crippen LogP contribution in [0.15, 0.2) is 0 Å². The maximum Gasteiger partial charge on any atom is 0.225 e. The van der Waals surface area contributed by atoms with E-state index in [2.05, 4.69) is 25.7 Å². The van der Waals surface area contributed by atoms with Gasteiger partial charge in [0.2, 0.25) is 5.91 Å². The van der Waals surface area contributed by atoms with Gasteiger partial charge in [-0.2, -0.15) is 0 Å². The Bertz CT molecular complexity index is 308. The van der Waals surface area contributed by atoms with Gasteiger partial charge in [0, 0.05) is 18.5 Å². The van der Waals surface area contributed by atoms with Crippen LogP contribution in [0.4, 0.5) is 0 Å². The molecule has 1 aliphatic carbocycles. The summed E-state index contributed by atoms with van der Waals surface area (Å²) in [5.74, 6) is 0.498. The molecule has 92 valence electrons. The van der Waals surface area contributed by atoms with Crippen molar-refractivity contribution in [2.75, 3.05) is 6.54 Å². The second kappa shape index (κ2) is 3.48. The third kappa shape index (κ3) is 1.99. The summed E-state index contributed by atoms with van der Waals surface area (Å²) in [5.41, 5.74) is 0.778. The number of likely N-dealkylation sites (tertiary alicyclic amines) is 1. The van der Waals surface area contributed by atoms with Crippen molar-refractivity contribution >= 4 is 5.91 Å². The largest absolute Gasteiger partial charge is 0.339 e. The third-order valence-corrected chi connectivity index (χ3v) is 4.19. The quantitative estimate of drug-likeness (QED) is 0.669. The van der Waals surface area contributed by atoms with Gasteiger partial charge in [0.25, 0.3) is 0 Å². The van der Waals surface area contributed by atoms with Gasteiger partial charge in [-0.3, -0.25) is 4.79 Å². The predicted molar refractivity (Wildman–Crippen MR) is 66.1 cm³/mol. The van der Waals surface area contributed by atoms with Gasteiger partial charge in [-0.15, -0.1) is 0 Å². The molecular formula is C14H25NO. The van der Waals surface area contributed by atoms with Crippen molar-refractivity contribution in [3.63, 3.8) is 0 Å². The Balaban J connectivity index is 2.19. The molecule has 1 aliphatic heterocycles. The molecule has 2 bridgehead atoms. The van der Waals surface area contributed by atoms with E-state index in [9.17, 15) is 4.79 Å². The molecule has 16 heavy (non-hydrogen) atoms. The molecule has 0 spiro atoms. The van der Waals surface area contributed by atoms with Gasteiger partial charge in [-0.25, -0.2) is 0 Å². The summed E-state index contributed by atoms with van der Waals surface area (Å²) in [7, 11) is 0. The normalized spacial score (nSPS) is 36.9. The first kappa shape index (κ1) is 11.9. The van der Waals surface area contributed by atoms with Gasteiger partial charge < -0.3 is 4.90 Å². The molecule has 0 N–H and O–H groups in total. The fourth-order valence-corrected chi connectivity index (χ4v) is 4.05. The van der Waals surface area contributed by atoms with Crippen molar-refractivity contribution in [1.82, 2.24) is 4.90 Å². The fourth-order valence-electron chi connectivity index (χ4n) is 4.05. The van der Waals surface area contributed by atoms with Gasteiger partial charge in [0.1, 0.15) is 0 Å². The lowest BCUT2D eigenvalue weighted by Crippen LogP contribution is -2.39. The van der Waals surface area contributed by atoms with E-state index in [0.29, 0.717) is 22.8 Å². The maximum atomic E-state index is 12.2. The summed E-state index contributed by atoms with van der Waals surface area (Å²) < 4.78 is 0. The summed E-state index contributed by atoms with van der Waals surface area (Å²) in [6.45, 7) is 12.1. The number of rotatable bonds is 1. The number of nitrogens with zero attached hydrogens (tertiary/aromatic N) is 1. The van der Waals surface area contributed by atoms with Gasteiger partial charge in [-0.1, -0.05) is 34.6 Å². The van der Waals surface area contributed by atoms with Crippen molar-refractivity contribution in [2.45, 2.75) is 59.9 Å². The Labute approximate surface area is 99.4 Å². The van der Waals surface area contributed by atoms with Crippen LogP contribution < -0.4 is 0 Å². The Morgan fingerprint density at radius 1 is 1.25 bits per heavy atom. The second-order valence-corrected chi connectivity index (χ2v) is 7.33. The number of hydrogen-bond donors (Lipinski definition) is 0. The van der Waals surface area contributed by atoms with Crippen LogP contribution in [-0.2, 0) is 4.79 Å². The van der Waals surface area contributed by atoms with E-state index in [-0.39, 0.29) is 5.92 Å². The summed E-state index contributed by atoms with van der Waals surface area (Å²) in [6, 6.07) is 0.503. The monoisotopic (exact) mass is 223 g/mol. The highest BCUT2D eigenvalue weighted by atomic mass is 16.2. The minimum atomic E-state index is 0.145. The van der Waals surface area contributed by atoms with Crippen molar-refractivity contribution in [3.8, 4) is 0 Å². The van der Waals surface area contributed by atoms with Crippen LogP contribution >= 0.6 is 0 Å². The highest BCUT2D eigenvalue weighted by Crippen LogP contribution is 2.52. The van der Waals surface area contributed by atoms with Gasteiger partial charge in [0.05, 0.1) is 0 Å².